The smallest absolute Gasteiger partial charge is 0.348 e. The first kappa shape index (κ1) is 18.0. The van der Waals surface area contributed by atoms with E-state index in [2.05, 4.69) is 11.0 Å². The Morgan fingerprint density at radius 2 is 1.92 bits per heavy atom. The number of nitriles is 1. The fraction of sp³-hybridized carbons (Fsp3) is 0.333. The summed E-state index contributed by atoms with van der Waals surface area (Å²) in [5.41, 5.74) is 1.63. The monoisotopic (exact) mass is 350 g/mol. The van der Waals surface area contributed by atoms with Gasteiger partial charge >= 0.3 is 5.97 Å². The molecule has 0 aromatic heterocycles. The van der Waals surface area contributed by atoms with Crippen LogP contribution in [-0.4, -0.2) is 34.7 Å². The summed E-state index contributed by atoms with van der Waals surface area (Å²) in [4.78, 5) is 14.1. The van der Waals surface area contributed by atoms with Crippen molar-refractivity contribution >= 4 is 5.97 Å². The van der Waals surface area contributed by atoms with Crippen molar-refractivity contribution in [2.24, 2.45) is 0 Å². The van der Waals surface area contributed by atoms with Crippen molar-refractivity contribution in [3.63, 3.8) is 0 Å². The summed E-state index contributed by atoms with van der Waals surface area (Å²) >= 11 is 0. The zero-order valence-electron chi connectivity index (χ0n) is 14.8. The van der Waals surface area contributed by atoms with Crippen molar-refractivity contribution < 1.29 is 14.6 Å². The zero-order valence-corrected chi connectivity index (χ0v) is 14.8. The summed E-state index contributed by atoms with van der Waals surface area (Å²) < 4.78 is 5.93. The first-order valence-corrected chi connectivity index (χ1v) is 8.71. The maximum Gasteiger partial charge on any atom is 0.348 e. The number of aliphatic carboxylic acids is 1. The summed E-state index contributed by atoms with van der Waals surface area (Å²) in [5.74, 6) is -0.322. The van der Waals surface area contributed by atoms with Gasteiger partial charge in [-0.3, -0.25) is 4.90 Å². The minimum Gasteiger partial charge on any atom is -0.478 e. The van der Waals surface area contributed by atoms with Crippen LogP contribution in [0.4, 0.5) is 0 Å². The molecule has 0 spiro atoms. The minimum atomic E-state index is -1.18. The van der Waals surface area contributed by atoms with Gasteiger partial charge in [-0.2, -0.15) is 5.26 Å². The number of benzene rings is 2. The van der Waals surface area contributed by atoms with Crippen LogP contribution in [-0.2, 0) is 11.3 Å². The molecule has 0 saturated carbocycles. The largest absolute Gasteiger partial charge is 0.478 e. The molecule has 0 amide bonds. The number of ether oxygens (including phenoxy) is 1. The predicted octanol–water partition coefficient (Wildman–Crippen LogP) is 3.36. The summed E-state index contributed by atoms with van der Waals surface area (Å²) in [6.07, 6.45) is 0.850. The topological polar surface area (TPSA) is 73.6 Å². The van der Waals surface area contributed by atoms with Crippen LogP contribution in [0, 0.1) is 18.3 Å². The standard InChI is InChI=1S/C21H22N2O3/c1-16-5-7-19(8-6-16)26-21(20(24)25)9-11-23(12-10-21)15-18-4-2-3-17(13-18)14-22/h2-8,13H,9-12,15H2,1H3,(H,24,25). The molecule has 1 aliphatic heterocycles. The average molecular weight is 350 g/mol. The maximum absolute atomic E-state index is 11.9. The highest BCUT2D eigenvalue weighted by Crippen LogP contribution is 2.30. The summed E-state index contributed by atoms with van der Waals surface area (Å²) in [6.45, 7) is 3.95. The quantitative estimate of drug-likeness (QED) is 0.895. The molecule has 1 fully saturated rings. The first-order chi connectivity index (χ1) is 12.5. The number of carboxylic acid groups (broad SMARTS) is 1. The number of rotatable bonds is 5. The normalized spacial score (nSPS) is 16.6. The van der Waals surface area contributed by atoms with E-state index in [0.29, 0.717) is 43.8 Å². The fourth-order valence-electron chi connectivity index (χ4n) is 3.26. The molecule has 5 heteroatoms. The Morgan fingerprint density at radius 3 is 2.54 bits per heavy atom. The number of nitrogens with zero attached hydrogens (tertiary/aromatic N) is 2. The van der Waals surface area contributed by atoms with Crippen molar-refractivity contribution in [2.45, 2.75) is 31.9 Å². The van der Waals surface area contributed by atoms with E-state index in [1.54, 1.807) is 6.07 Å². The van der Waals surface area contributed by atoms with Gasteiger partial charge in [0, 0.05) is 32.5 Å². The number of aryl methyl sites for hydroxylation is 1. The molecule has 1 aliphatic rings. The Hall–Kier alpha value is -2.84. The van der Waals surface area contributed by atoms with Gasteiger partial charge in [0.15, 0.2) is 0 Å². The number of piperidine rings is 1. The van der Waals surface area contributed by atoms with Crippen molar-refractivity contribution in [3.05, 3.63) is 65.2 Å². The van der Waals surface area contributed by atoms with Crippen LogP contribution in [0.2, 0.25) is 0 Å². The van der Waals surface area contributed by atoms with E-state index in [1.807, 2.05) is 49.4 Å². The van der Waals surface area contributed by atoms with Crippen LogP contribution in [0.3, 0.4) is 0 Å². The molecule has 1 N–H and O–H groups in total. The van der Waals surface area contributed by atoms with Crippen molar-refractivity contribution in [3.8, 4) is 11.8 Å². The van der Waals surface area contributed by atoms with Gasteiger partial charge in [0.25, 0.3) is 0 Å². The molecule has 0 bridgehead atoms. The van der Waals surface area contributed by atoms with E-state index in [9.17, 15) is 9.90 Å². The lowest BCUT2D eigenvalue weighted by Crippen LogP contribution is -2.53. The maximum atomic E-state index is 11.9. The molecule has 0 aliphatic carbocycles. The van der Waals surface area contributed by atoms with Crippen molar-refractivity contribution in [2.75, 3.05) is 13.1 Å². The Morgan fingerprint density at radius 1 is 1.23 bits per heavy atom. The lowest BCUT2D eigenvalue weighted by Gasteiger charge is -2.39. The predicted molar refractivity (Wildman–Crippen MR) is 97.8 cm³/mol. The molecule has 2 aromatic rings. The third-order valence-electron chi connectivity index (χ3n) is 4.85. The van der Waals surface area contributed by atoms with Crippen LogP contribution in [0.15, 0.2) is 48.5 Å². The molecule has 0 atom stereocenters. The summed E-state index contributed by atoms with van der Waals surface area (Å²) in [7, 11) is 0. The Labute approximate surface area is 153 Å². The second-order valence-corrected chi connectivity index (χ2v) is 6.80. The Bertz CT molecular complexity index is 816. The molecular formula is C21H22N2O3. The van der Waals surface area contributed by atoms with Gasteiger partial charge in [-0.15, -0.1) is 0 Å². The van der Waals surface area contributed by atoms with Gasteiger partial charge in [-0.1, -0.05) is 29.8 Å². The van der Waals surface area contributed by atoms with Crippen LogP contribution >= 0.6 is 0 Å². The van der Waals surface area contributed by atoms with E-state index in [1.165, 1.54) is 0 Å². The number of hydrogen-bond acceptors (Lipinski definition) is 4. The fourth-order valence-corrected chi connectivity index (χ4v) is 3.26. The minimum absolute atomic E-state index is 0.425. The second-order valence-electron chi connectivity index (χ2n) is 6.80. The second kappa shape index (κ2) is 7.59. The van der Waals surface area contributed by atoms with Gasteiger partial charge in [-0.25, -0.2) is 4.79 Å². The molecule has 1 saturated heterocycles. The highest BCUT2D eigenvalue weighted by atomic mass is 16.5. The lowest BCUT2D eigenvalue weighted by molar-refractivity contribution is -0.159. The number of carbonyl (C=O) groups is 1. The third kappa shape index (κ3) is 4.04. The van der Waals surface area contributed by atoms with Crippen LogP contribution < -0.4 is 4.74 Å². The number of likely N-dealkylation sites (tertiary alicyclic amines) is 1. The van der Waals surface area contributed by atoms with Crippen LogP contribution in [0.1, 0.15) is 29.5 Å². The average Bonchev–Trinajstić information content (AvgIpc) is 2.65. The first-order valence-electron chi connectivity index (χ1n) is 8.71. The molecule has 134 valence electrons. The lowest BCUT2D eigenvalue weighted by atomic mass is 9.90. The third-order valence-corrected chi connectivity index (χ3v) is 4.85. The van der Waals surface area contributed by atoms with E-state index in [-0.39, 0.29) is 0 Å². The number of hydrogen-bond donors (Lipinski definition) is 1. The summed E-state index contributed by atoms with van der Waals surface area (Å²) in [6, 6.07) is 17.1. The van der Waals surface area contributed by atoms with E-state index in [4.69, 9.17) is 10.00 Å². The SMILES string of the molecule is Cc1ccc(OC2(C(=O)O)CCN(Cc3cccc(C#N)c3)CC2)cc1. The van der Waals surface area contributed by atoms with E-state index in [0.717, 1.165) is 11.1 Å². The molecule has 2 aromatic carbocycles. The van der Waals surface area contributed by atoms with Crippen LogP contribution in [0.5, 0.6) is 5.75 Å². The molecule has 0 radical (unpaired) electrons. The Balaban J connectivity index is 1.66. The zero-order chi connectivity index (χ0) is 18.6. The molecule has 1 heterocycles. The van der Waals surface area contributed by atoms with E-state index >= 15 is 0 Å². The van der Waals surface area contributed by atoms with Gasteiger partial charge < -0.3 is 9.84 Å². The van der Waals surface area contributed by atoms with Gasteiger partial charge in [0.1, 0.15) is 5.75 Å². The van der Waals surface area contributed by atoms with Crippen molar-refractivity contribution in [1.29, 1.82) is 5.26 Å². The van der Waals surface area contributed by atoms with E-state index < -0.39 is 11.6 Å². The number of carboxylic acids is 1. The highest BCUT2D eigenvalue weighted by molar-refractivity contribution is 5.78. The molecule has 0 unspecified atom stereocenters. The molecule has 3 rings (SSSR count). The highest BCUT2D eigenvalue weighted by Gasteiger charge is 2.44. The molecule has 5 nitrogen and oxygen atoms in total. The van der Waals surface area contributed by atoms with Gasteiger partial charge in [0.05, 0.1) is 11.6 Å². The molecule has 26 heavy (non-hydrogen) atoms. The Kier molecular flexibility index (Phi) is 5.24. The molecular weight excluding hydrogens is 328 g/mol. The summed E-state index contributed by atoms with van der Waals surface area (Å²) in [5, 5.41) is 18.8. The van der Waals surface area contributed by atoms with Crippen molar-refractivity contribution in [1.82, 2.24) is 4.90 Å². The van der Waals surface area contributed by atoms with Gasteiger partial charge in [0.2, 0.25) is 5.60 Å². The van der Waals surface area contributed by atoms with Crippen LogP contribution in [0.25, 0.3) is 0 Å². The van der Waals surface area contributed by atoms with Gasteiger partial charge in [-0.05, 0) is 36.8 Å².